The molecule has 2 aliphatic carbocycles. The first-order chi connectivity index (χ1) is 16.4. The number of amides is 3. The second-order valence-electron chi connectivity index (χ2n) is 8.71. The van der Waals surface area contributed by atoms with Crippen LogP contribution in [0.3, 0.4) is 0 Å². The summed E-state index contributed by atoms with van der Waals surface area (Å²) in [6.45, 7) is -0.652. The van der Waals surface area contributed by atoms with E-state index in [1.54, 1.807) is 0 Å². The highest BCUT2D eigenvalue weighted by atomic mass is 16.5. The highest BCUT2D eigenvalue weighted by Gasteiger charge is 2.41. The zero-order chi connectivity index (χ0) is 24.1. The largest absolute Gasteiger partial charge is 0.480 e. The highest BCUT2D eigenvalue weighted by molar-refractivity contribution is 5.87. The molecule has 4 rings (SSSR count). The zero-order valence-corrected chi connectivity index (χ0v) is 18.6. The van der Waals surface area contributed by atoms with Gasteiger partial charge in [-0.2, -0.15) is 0 Å². The van der Waals surface area contributed by atoms with Crippen molar-refractivity contribution < 1.29 is 29.0 Å². The number of nitrogens with one attached hydrogen (secondary N) is 3. The van der Waals surface area contributed by atoms with Crippen LogP contribution in [0.5, 0.6) is 0 Å². The number of ether oxygens (including phenoxy) is 1. The number of rotatable bonds is 9. The molecule has 0 spiro atoms. The Morgan fingerprint density at radius 1 is 0.882 bits per heavy atom. The van der Waals surface area contributed by atoms with E-state index >= 15 is 0 Å². The van der Waals surface area contributed by atoms with Crippen molar-refractivity contribution in [1.82, 2.24) is 16.0 Å². The summed E-state index contributed by atoms with van der Waals surface area (Å²) < 4.78 is 5.60. The first-order valence-corrected chi connectivity index (χ1v) is 11.3. The Labute approximate surface area is 196 Å². The van der Waals surface area contributed by atoms with Crippen LogP contribution in [0.2, 0.25) is 0 Å². The van der Waals surface area contributed by atoms with Crippen LogP contribution in [-0.4, -0.2) is 54.2 Å². The van der Waals surface area contributed by atoms with E-state index in [1.807, 2.05) is 36.4 Å². The molecule has 2 aromatic rings. The number of aliphatic carboxylic acids is 1. The van der Waals surface area contributed by atoms with Crippen LogP contribution in [0.4, 0.5) is 4.79 Å². The predicted octanol–water partition coefficient (Wildman–Crippen LogP) is 2.15. The smallest absolute Gasteiger partial charge is 0.407 e. The maximum atomic E-state index is 12.6. The Balaban J connectivity index is 1.30. The third kappa shape index (κ3) is 5.19. The van der Waals surface area contributed by atoms with E-state index in [2.05, 4.69) is 28.1 Å². The number of carboxylic acids is 1. The maximum Gasteiger partial charge on any atom is 0.407 e. The molecule has 178 valence electrons. The highest BCUT2D eigenvalue weighted by Crippen LogP contribution is 2.44. The van der Waals surface area contributed by atoms with Gasteiger partial charge in [-0.25, -0.2) is 4.79 Å². The normalized spacial score (nSPS) is 15.3. The SMILES string of the molecule is O=C(O)CNC(=O)CNC(=O)CC1(NC(=O)OCC2c3ccccc3-c3ccccc32)CCC1. The van der Waals surface area contributed by atoms with Crippen LogP contribution in [0.1, 0.15) is 42.7 Å². The van der Waals surface area contributed by atoms with Crippen LogP contribution in [0, 0.1) is 0 Å². The van der Waals surface area contributed by atoms with E-state index in [0.29, 0.717) is 12.8 Å². The number of carbonyl (C=O) groups is 4. The minimum Gasteiger partial charge on any atom is -0.480 e. The lowest BCUT2D eigenvalue weighted by atomic mass is 9.74. The van der Waals surface area contributed by atoms with Crippen molar-refractivity contribution in [2.75, 3.05) is 19.7 Å². The van der Waals surface area contributed by atoms with E-state index in [-0.39, 0.29) is 25.5 Å². The average Bonchev–Trinajstić information content (AvgIpc) is 3.12. The number of benzene rings is 2. The van der Waals surface area contributed by atoms with Crippen LogP contribution in [0.25, 0.3) is 11.1 Å². The van der Waals surface area contributed by atoms with Crippen molar-refractivity contribution >= 4 is 23.9 Å². The minimum absolute atomic E-state index is 0.0173. The second-order valence-corrected chi connectivity index (χ2v) is 8.71. The number of carbonyl (C=O) groups excluding carboxylic acids is 3. The zero-order valence-electron chi connectivity index (χ0n) is 18.6. The van der Waals surface area contributed by atoms with Crippen molar-refractivity contribution in [3.8, 4) is 11.1 Å². The van der Waals surface area contributed by atoms with Crippen molar-refractivity contribution in [3.05, 3.63) is 59.7 Å². The van der Waals surface area contributed by atoms with Gasteiger partial charge < -0.3 is 25.8 Å². The third-order valence-corrected chi connectivity index (χ3v) is 6.40. The minimum atomic E-state index is -1.17. The number of hydrogen-bond donors (Lipinski definition) is 4. The van der Waals surface area contributed by atoms with Gasteiger partial charge in [0.25, 0.3) is 0 Å². The fourth-order valence-corrected chi connectivity index (χ4v) is 4.59. The molecule has 1 saturated carbocycles. The van der Waals surface area contributed by atoms with Gasteiger partial charge in [-0.1, -0.05) is 48.5 Å². The molecule has 4 N–H and O–H groups in total. The Morgan fingerprint density at radius 2 is 1.47 bits per heavy atom. The Hall–Kier alpha value is -3.88. The maximum absolute atomic E-state index is 12.6. The first-order valence-electron chi connectivity index (χ1n) is 11.3. The van der Waals surface area contributed by atoms with E-state index in [0.717, 1.165) is 28.7 Å². The van der Waals surface area contributed by atoms with Crippen molar-refractivity contribution in [2.24, 2.45) is 0 Å². The summed E-state index contributed by atoms with van der Waals surface area (Å²) in [5.41, 5.74) is 3.83. The molecule has 34 heavy (non-hydrogen) atoms. The van der Waals surface area contributed by atoms with E-state index < -0.39 is 36.0 Å². The number of carboxylic acid groups (broad SMARTS) is 1. The molecule has 3 amide bonds. The third-order valence-electron chi connectivity index (χ3n) is 6.40. The summed E-state index contributed by atoms with van der Waals surface area (Å²) in [5, 5.41) is 16.1. The van der Waals surface area contributed by atoms with E-state index in [4.69, 9.17) is 9.84 Å². The Kier molecular flexibility index (Phi) is 6.81. The molecule has 2 aliphatic rings. The van der Waals surface area contributed by atoms with Crippen LogP contribution < -0.4 is 16.0 Å². The molecule has 0 unspecified atom stereocenters. The molecule has 0 radical (unpaired) electrons. The molecular weight excluding hydrogens is 438 g/mol. The Bertz CT molecular complexity index is 1070. The molecule has 0 atom stereocenters. The molecule has 9 nitrogen and oxygen atoms in total. The summed E-state index contributed by atoms with van der Waals surface area (Å²) in [6.07, 6.45) is 1.58. The van der Waals surface area contributed by atoms with Gasteiger partial charge in [0, 0.05) is 12.3 Å². The molecule has 0 saturated heterocycles. The topological polar surface area (TPSA) is 134 Å². The molecule has 9 heteroatoms. The lowest BCUT2D eigenvalue weighted by Gasteiger charge is -2.41. The summed E-state index contributed by atoms with van der Waals surface area (Å²) >= 11 is 0. The van der Waals surface area contributed by atoms with Gasteiger partial charge in [-0.3, -0.25) is 14.4 Å². The van der Waals surface area contributed by atoms with Crippen LogP contribution in [0.15, 0.2) is 48.5 Å². The fourth-order valence-electron chi connectivity index (χ4n) is 4.59. The summed E-state index contributed by atoms with van der Waals surface area (Å²) in [7, 11) is 0. The summed E-state index contributed by atoms with van der Waals surface area (Å²) in [4.78, 5) is 47.0. The van der Waals surface area contributed by atoms with Crippen LogP contribution >= 0.6 is 0 Å². The number of alkyl carbamates (subject to hydrolysis) is 1. The number of fused-ring (bicyclic) bond motifs is 3. The van der Waals surface area contributed by atoms with Gasteiger partial charge in [-0.05, 0) is 41.5 Å². The van der Waals surface area contributed by atoms with Gasteiger partial charge in [0.05, 0.1) is 12.1 Å². The quantitative estimate of drug-likeness (QED) is 0.448. The van der Waals surface area contributed by atoms with E-state index in [1.165, 1.54) is 0 Å². The number of hydrogen-bond acceptors (Lipinski definition) is 5. The predicted molar refractivity (Wildman–Crippen MR) is 123 cm³/mol. The van der Waals surface area contributed by atoms with Crippen molar-refractivity contribution in [2.45, 2.75) is 37.1 Å². The van der Waals surface area contributed by atoms with Crippen molar-refractivity contribution in [1.29, 1.82) is 0 Å². The lowest BCUT2D eigenvalue weighted by Crippen LogP contribution is -2.56. The second kappa shape index (κ2) is 9.94. The fraction of sp³-hybridized carbons (Fsp3) is 0.360. The van der Waals surface area contributed by atoms with E-state index in [9.17, 15) is 19.2 Å². The van der Waals surface area contributed by atoms with Gasteiger partial charge in [-0.15, -0.1) is 0 Å². The van der Waals surface area contributed by atoms with Crippen LogP contribution in [-0.2, 0) is 19.1 Å². The molecule has 1 fully saturated rings. The van der Waals surface area contributed by atoms with Gasteiger partial charge >= 0.3 is 12.1 Å². The van der Waals surface area contributed by atoms with Gasteiger partial charge in [0.1, 0.15) is 13.2 Å². The molecular formula is C25H27N3O6. The Morgan fingerprint density at radius 3 is 2.03 bits per heavy atom. The standard InChI is InChI=1S/C25H27N3O6/c29-21(26-13-22(30)27-14-23(31)32)12-25(10-5-11-25)28-24(33)34-15-20-18-8-3-1-6-16(18)17-7-2-4-9-19(17)20/h1-4,6-9,20H,5,10-15H2,(H,26,29)(H,27,30)(H,28,33)(H,31,32). The molecule has 2 aromatic carbocycles. The average molecular weight is 466 g/mol. The van der Waals surface area contributed by atoms with Gasteiger partial charge in [0.15, 0.2) is 0 Å². The molecule has 0 heterocycles. The summed E-state index contributed by atoms with van der Waals surface area (Å²) in [5.74, 6) is -2.21. The first kappa shape index (κ1) is 23.3. The summed E-state index contributed by atoms with van der Waals surface area (Å²) in [6, 6.07) is 16.2. The molecule has 0 aliphatic heterocycles. The van der Waals surface area contributed by atoms with Crippen molar-refractivity contribution in [3.63, 3.8) is 0 Å². The monoisotopic (exact) mass is 465 g/mol. The lowest BCUT2D eigenvalue weighted by molar-refractivity contribution is -0.137. The van der Waals surface area contributed by atoms with Gasteiger partial charge in [0.2, 0.25) is 11.8 Å². The molecule has 0 aromatic heterocycles. The molecule has 0 bridgehead atoms.